The summed E-state index contributed by atoms with van der Waals surface area (Å²) in [5, 5.41) is 48.9. The van der Waals surface area contributed by atoms with Crippen LogP contribution in [0.25, 0.3) is 0 Å². The van der Waals surface area contributed by atoms with E-state index in [1.54, 1.807) is 12.1 Å². The number of aliphatic hydroxyl groups is 2. The largest absolute Gasteiger partial charge is 0.478 e. The van der Waals surface area contributed by atoms with Gasteiger partial charge >= 0.3 is 11.9 Å². The van der Waals surface area contributed by atoms with E-state index in [1.165, 1.54) is 46.2 Å². The Kier molecular flexibility index (Phi) is 17.4. The van der Waals surface area contributed by atoms with Gasteiger partial charge in [-0.1, -0.05) is 12.8 Å². The van der Waals surface area contributed by atoms with Gasteiger partial charge in [0, 0.05) is 31.4 Å². The zero-order chi connectivity index (χ0) is 49.5. The maximum atomic E-state index is 14.6. The molecule has 0 spiro atoms. The first kappa shape index (κ1) is 52.4. The van der Waals surface area contributed by atoms with Gasteiger partial charge in [-0.15, -0.1) is 0 Å². The molecule has 4 aromatic rings. The number of anilines is 4. The number of likely N-dealkylation sites (tertiary alicyclic amines) is 2. The first-order valence-corrected chi connectivity index (χ1v) is 23.4. The van der Waals surface area contributed by atoms with E-state index in [2.05, 4.69) is 21.3 Å². The van der Waals surface area contributed by atoms with E-state index in [1.807, 2.05) is 45.2 Å². The third-order valence-corrected chi connectivity index (χ3v) is 13.1. The second-order valence-electron chi connectivity index (χ2n) is 16.6. The summed E-state index contributed by atoms with van der Waals surface area (Å²) in [5.74, 6) is -9.73. The molecular formula is C46H46F6I2N6O8. The summed E-state index contributed by atoms with van der Waals surface area (Å²) in [6, 6.07) is 12.4. The van der Waals surface area contributed by atoms with Gasteiger partial charge < -0.3 is 51.5 Å². The van der Waals surface area contributed by atoms with Crippen LogP contribution in [0.2, 0.25) is 0 Å². The molecule has 2 unspecified atom stereocenters. The van der Waals surface area contributed by atoms with Crippen LogP contribution < -0.4 is 21.3 Å². The number of carbonyl (C=O) groups excluding carboxylic acids is 2. The summed E-state index contributed by atoms with van der Waals surface area (Å²) < 4.78 is 86.6. The number of nitrogens with one attached hydrogen (secondary N) is 4. The SMILES string of the molecule is O=C(O)C=CC(=O)O.O=C(c1ccc(F)c(F)c1Nc1ccc(I)cc1F)N1CC(O)(C2CCCCN2)C1.O=C(c1ccc(F)c(F)c1Nc1ccc(I)cc1F)N1CC(O)(C2CCCCN2)C1. The Balaban J connectivity index is 0.000000193. The number of carbonyl (C=O) groups is 4. The highest BCUT2D eigenvalue weighted by Gasteiger charge is 2.51. The van der Waals surface area contributed by atoms with Crippen LogP contribution in [0.4, 0.5) is 49.1 Å². The smallest absolute Gasteiger partial charge is 0.328 e. The van der Waals surface area contributed by atoms with Gasteiger partial charge in [-0.2, -0.15) is 0 Å². The van der Waals surface area contributed by atoms with Crippen LogP contribution in [0.15, 0.2) is 72.8 Å². The molecule has 0 aromatic heterocycles. The molecule has 8 N–H and O–H groups in total. The number of carboxylic acids is 2. The van der Waals surface area contributed by atoms with E-state index in [-0.39, 0.29) is 60.8 Å². The molecule has 0 bridgehead atoms. The Bertz CT molecular complexity index is 2400. The molecule has 4 aliphatic heterocycles. The summed E-state index contributed by atoms with van der Waals surface area (Å²) in [6.45, 7) is 2.03. The number of nitrogens with zero attached hydrogens (tertiary/aromatic N) is 2. The minimum atomic E-state index is -1.26. The van der Waals surface area contributed by atoms with Gasteiger partial charge in [0.25, 0.3) is 11.8 Å². The number of rotatable bonds is 10. The lowest BCUT2D eigenvalue weighted by atomic mass is 9.81. The van der Waals surface area contributed by atoms with Crippen LogP contribution in [0.1, 0.15) is 59.2 Å². The molecule has 4 aromatic carbocycles. The molecule has 2 atom stereocenters. The van der Waals surface area contributed by atoms with Crippen LogP contribution in [-0.2, 0) is 9.59 Å². The second kappa shape index (κ2) is 22.6. The number of hydrogen-bond donors (Lipinski definition) is 8. The Hall–Kier alpha value is -5.02. The molecule has 0 saturated carbocycles. The molecule has 8 rings (SSSR count). The van der Waals surface area contributed by atoms with Gasteiger partial charge in [-0.3, -0.25) is 9.59 Å². The number of β-amino-alcohol motifs (C(OH)–C–C–N with tert-alkyl or cyclic N) is 2. The predicted octanol–water partition coefficient (Wildman–Crippen LogP) is 7.27. The summed E-state index contributed by atoms with van der Waals surface area (Å²) in [4.78, 5) is 47.8. The minimum absolute atomic E-state index is 0.0690. The molecule has 14 nitrogen and oxygen atoms in total. The van der Waals surface area contributed by atoms with Crippen molar-refractivity contribution in [1.29, 1.82) is 0 Å². The zero-order valence-corrected chi connectivity index (χ0v) is 40.2. The van der Waals surface area contributed by atoms with Gasteiger partial charge in [0.1, 0.15) is 22.8 Å². The number of halogens is 8. The molecule has 68 heavy (non-hydrogen) atoms. The van der Waals surface area contributed by atoms with Crippen molar-refractivity contribution >= 4 is 91.7 Å². The van der Waals surface area contributed by atoms with Crippen LogP contribution in [0, 0.1) is 42.0 Å². The summed E-state index contributed by atoms with van der Waals surface area (Å²) >= 11 is 3.87. The van der Waals surface area contributed by atoms with E-state index in [0.29, 0.717) is 19.3 Å². The van der Waals surface area contributed by atoms with Gasteiger partial charge in [-0.25, -0.2) is 35.9 Å². The Morgan fingerprint density at radius 3 is 1.25 bits per heavy atom. The summed E-state index contributed by atoms with van der Waals surface area (Å²) in [7, 11) is 0. The van der Waals surface area contributed by atoms with E-state index < -0.39 is 81.2 Å². The highest BCUT2D eigenvalue weighted by atomic mass is 127. The highest BCUT2D eigenvalue weighted by molar-refractivity contribution is 14.1. The van der Waals surface area contributed by atoms with Gasteiger partial charge in [0.2, 0.25) is 0 Å². The van der Waals surface area contributed by atoms with Crippen LogP contribution in [0.5, 0.6) is 0 Å². The normalized spacial score (nSPS) is 19.3. The van der Waals surface area contributed by atoms with E-state index in [4.69, 9.17) is 10.2 Å². The Morgan fingerprint density at radius 2 is 0.941 bits per heavy atom. The average molecular weight is 1180 g/mol. The molecule has 364 valence electrons. The number of aliphatic carboxylic acids is 2. The van der Waals surface area contributed by atoms with Crippen molar-refractivity contribution in [2.24, 2.45) is 0 Å². The fourth-order valence-corrected chi connectivity index (χ4v) is 9.12. The summed E-state index contributed by atoms with van der Waals surface area (Å²) in [5.41, 5.74) is -3.30. The number of piperidine rings is 2. The van der Waals surface area contributed by atoms with Crippen LogP contribution in [0.3, 0.4) is 0 Å². The van der Waals surface area contributed by atoms with Crippen LogP contribution in [-0.4, -0.2) is 117 Å². The minimum Gasteiger partial charge on any atom is -0.478 e. The quantitative estimate of drug-likeness (QED) is 0.0449. The maximum Gasteiger partial charge on any atom is 0.328 e. The van der Waals surface area contributed by atoms with Crippen molar-refractivity contribution < 1.29 is 65.9 Å². The van der Waals surface area contributed by atoms with Gasteiger partial charge in [-0.05, 0) is 145 Å². The standard InChI is InChI=1S/2C21H21F3IN3O2.C4H4O4/c2*22-14-6-5-13(19(18(14)24)27-16-7-4-12(25)9-15(16)23)20(29)28-10-21(30,11-28)17-3-1-2-8-26-17;5-3(6)1-2-4(7)8/h2*4-7,9,17,26-27,30H,1-3,8,10-11H2;1-2H,(H,5,6)(H,7,8). The lowest BCUT2D eigenvalue weighted by Gasteiger charge is -2.51. The van der Waals surface area contributed by atoms with Crippen molar-refractivity contribution in [3.05, 3.63) is 126 Å². The number of hydrogen-bond acceptors (Lipinski definition) is 10. The average Bonchev–Trinajstić information content (AvgIpc) is 3.29. The summed E-state index contributed by atoms with van der Waals surface area (Å²) in [6.07, 6.45) is 6.87. The fourth-order valence-electron chi connectivity index (χ4n) is 8.21. The number of carboxylic acid groups (broad SMARTS) is 2. The highest BCUT2D eigenvalue weighted by Crippen LogP contribution is 2.36. The molecule has 22 heteroatoms. The van der Waals surface area contributed by atoms with Crippen molar-refractivity contribution in [2.75, 3.05) is 49.9 Å². The lowest BCUT2D eigenvalue weighted by Crippen LogP contribution is -2.72. The zero-order valence-electron chi connectivity index (χ0n) is 35.9. The van der Waals surface area contributed by atoms with Gasteiger partial charge in [0.15, 0.2) is 23.3 Å². The maximum absolute atomic E-state index is 14.6. The third kappa shape index (κ3) is 12.6. The number of amides is 2. The molecule has 0 radical (unpaired) electrons. The molecule has 4 saturated heterocycles. The monoisotopic (exact) mass is 1180 g/mol. The third-order valence-electron chi connectivity index (χ3n) is 11.8. The molecule has 2 amide bonds. The lowest BCUT2D eigenvalue weighted by molar-refractivity contribution is -0.134. The number of benzene rings is 4. The molecule has 0 aliphatic carbocycles. The van der Waals surface area contributed by atoms with Crippen molar-refractivity contribution in [3.63, 3.8) is 0 Å². The molecule has 4 heterocycles. The van der Waals surface area contributed by atoms with E-state index >= 15 is 0 Å². The van der Waals surface area contributed by atoms with Crippen molar-refractivity contribution in [1.82, 2.24) is 20.4 Å². The molecule has 4 fully saturated rings. The molecule has 4 aliphatic rings. The Labute approximate surface area is 413 Å². The first-order valence-electron chi connectivity index (χ1n) is 21.2. The first-order chi connectivity index (χ1) is 32.2. The van der Waals surface area contributed by atoms with Crippen molar-refractivity contribution in [3.8, 4) is 0 Å². The van der Waals surface area contributed by atoms with E-state index in [9.17, 15) is 55.7 Å². The second-order valence-corrected chi connectivity index (χ2v) is 19.1. The topological polar surface area (TPSA) is 204 Å². The molecular weight excluding hydrogens is 1130 g/mol. The van der Waals surface area contributed by atoms with Crippen LogP contribution >= 0.6 is 45.2 Å². The van der Waals surface area contributed by atoms with Gasteiger partial charge in [0.05, 0.1) is 60.1 Å². The predicted molar refractivity (Wildman–Crippen MR) is 255 cm³/mol. The fraction of sp³-hybridized carbons (Fsp3) is 0.348. The Morgan fingerprint density at radius 1 is 0.574 bits per heavy atom. The van der Waals surface area contributed by atoms with Crippen molar-refractivity contribution in [2.45, 2.75) is 61.8 Å². The van der Waals surface area contributed by atoms with E-state index in [0.717, 1.165) is 63.7 Å².